The molecule has 94 valence electrons. The molecule has 17 heavy (non-hydrogen) atoms. The van der Waals surface area contributed by atoms with E-state index >= 15 is 0 Å². The van der Waals surface area contributed by atoms with Gasteiger partial charge in [-0.05, 0) is 19.4 Å². The van der Waals surface area contributed by atoms with Crippen LogP contribution in [0, 0.1) is 0 Å². The summed E-state index contributed by atoms with van der Waals surface area (Å²) < 4.78 is 7.46. The SMILES string of the molecule is Cn1nc(OCC2CCCN2)c(=O)n(C)c1=O. The molecule has 7 nitrogen and oxygen atoms in total. The lowest BCUT2D eigenvalue weighted by molar-refractivity contribution is 0.253. The summed E-state index contributed by atoms with van der Waals surface area (Å²) in [5.74, 6) is -0.0247. The van der Waals surface area contributed by atoms with E-state index in [0.717, 1.165) is 28.6 Å². The Balaban J connectivity index is 2.15. The fourth-order valence-electron chi connectivity index (χ4n) is 1.84. The Kier molecular flexibility index (Phi) is 3.28. The second-order valence-electron chi connectivity index (χ2n) is 4.18. The summed E-state index contributed by atoms with van der Waals surface area (Å²) in [6.07, 6.45) is 2.15. The zero-order chi connectivity index (χ0) is 12.4. The molecule has 2 heterocycles. The van der Waals surface area contributed by atoms with E-state index in [1.165, 1.54) is 14.1 Å². The first-order valence-electron chi connectivity index (χ1n) is 5.60. The van der Waals surface area contributed by atoms with E-state index < -0.39 is 11.2 Å². The van der Waals surface area contributed by atoms with Crippen molar-refractivity contribution in [2.45, 2.75) is 18.9 Å². The van der Waals surface area contributed by atoms with E-state index in [0.29, 0.717) is 6.61 Å². The highest BCUT2D eigenvalue weighted by molar-refractivity contribution is 5.01. The quantitative estimate of drug-likeness (QED) is 0.703. The minimum Gasteiger partial charge on any atom is -0.471 e. The van der Waals surface area contributed by atoms with Gasteiger partial charge in [-0.25, -0.2) is 9.48 Å². The Hall–Kier alpha value is -1.63. The highest BCUT2D eigenvalue weighted by atomic mass is 16.5. The molecule has 1 aromatic heterocycles. The molecule has 1 saturated heterocycles. The number of aromatic nitrogens is 3. The van der Waals surface area contributed by atoms with Crippen molar-refractivity contribution in [2.24, 2.45) is 14.1 Å². The van der Waals surface area contributed by atoms with E-state index in [2.05, 4.69) is 10.4 Å². The van der Waals surface area contributed by atoms with Gasteiger partial charge in [0.15, 0.2) is 0 Å². The molecule has 0 spiro atoms. The topological polar surface area (TPSA) is 78.2 Å². The fraction of sp³-hybridized carbons (Fsp3) is 0.700. The summed E-state index contributed by atoms with van der Waals surface area (Å²) >= 11 is 0. The molecule has 1 aromatic rings. The first-order valence-corrected chi connectivity index (χ1v) is 5.60. The number of nitrogens with one attached hydrogen (secondary N) is 1. The van der Waals surface area contributed by atoms with Gasteiger partial charge in [0, 0.05) is 20.1 Å². The van der Waals surface area contributed by atoms with Crippen LogP contribution in [0.2, 0.25) is 0 Å². The third-order valence-corrected chi connectivity index (χ3v) is 2.88. The summed E-state index contributed by atoms with van der Waals surface area (Å²) in [5, 5.41) is 7.07. The second kappa shape index (κ2) is 4.70. The highest BCUT2D eigenvalue weighted by Crippen LogP contribution is 2.05. The molecular weight excluding hydrogens is 224 g/mol. The number of hydrogen-bond donors (Lipinski definition) is 1. The molecule has 1 N–H and O–H groups in total. The average Bonchev–Trinajstić information content (AvgIpc) is 2.82. The monoisotopic (exact) mass is 240 g/mol. The molecule has 7 heteroatoms. The number of nitrogens with zero attached hydrogens (tertiary/aromatic N) is 3. The lowest BCUT2D eigenvalue weighted by Crippen LogP contribution is -2.40. The molecule has 1 aliphatic heterocycles. The van der Waals surface area contributed by atoms with Gasteiger partial charge in [-0.1, -0.05) is 0 Å². The molecule has 0 saturated carbocycles. The van der Waals surface area contributed by atoms with Gasteiger partial charge in [-0.3, -0.25) is 9.36 Å². The van der Waals surface area contributed by atoms with Crippen molar-refractivity contribution in [3.8, 4) is 5.88 Å². The summed E-state index contributed by atoms with van der Waals surface area (Å²) in [6, 6.07) is 0.263. The lowest BCUT2D eigenvalue weighted by Gasteiger charge is -2.11. The van der Waals surface area contributed by atoms with Crippen LogP contribution < -0.4 is 21.3 Å². The molecule has 0 amide bonds. The van der Waals surface area contributed by atoms with Gasteiger partial charge in [-0.2, -0.15) is 0 Å². The maximum absolute atomic E-state index is 11.7. The van der Waals surface area contributed by atoms with Crippen LogP contribution in [0.15, 0.2) is 9.59 Å². The van der Waals surface area contributed by atoms with E-state index in [4.69, 9.17) is 4.74 Å². The fourth-order valence-corrected chi connectivity index (χ4v) is 1.84. The summed E-state index contributed by atoms with van der Waals surface area (Å²) in [5.41, 5.74) is -0.951. The number of aryl methyl sites for hydroxylation is 1. The van der Waals surface area contributed by atoms with Crippen LogP contribution in [0.4, 0.5) is 0 Å². The van der Waals surface area contributed by atoms with Crippen LogP contribution in [0.3, 0.4) is 0 Å². The van der Waals surface area contributed by atoms with E-state index in [-0.39, 0.29) is 11.9 Å². The molecule has 0 aromatic carbocycles. The zero-order valence-corrected chi connectivity index (χ0v) is 9.97. The summed E-state index contributed by atoms with van der Waals surface area (Å²) in [7, 11) is 2.90. The largest absolute Gasteiger partial charge is 0.471 e. The molecule has 1 atom stereocenters. The van der Waals surface area contributed by atoms with Gasteiger partial charge in [0.1, 0.15) is 6.61 Å². The minimum atomic E-state index is -0.494. The maximum atomic E-state index is 11.7. The highest BCUT2D eigenvalue weighted by Gasteiger charge is 2.16. The van der Waals surface area contributed by atoms with E-state index in [9.17, 15) is 9.59 Å². The van der Waals surface area contributed by atoms with Gasteiger partial charge in [0.05, 0.1) is 0 Å². The third kappa shape index (κ3) is 2.38. The van der Waals surface area contributed by atoms with Gasteiger partial charge in [-0.15, -0.1) is 5.10 Å². The molecular formula is C10H16N4O3. The van der Waals surface area contributed by atoms with Crippen LogP contribution in [0.5, 0.6) is 5.88 Å². The Labute approximate surface area is 98.0 Å². The van der Waals surface area contributed by atoms with Gasteiger partial charge in [0.2, 0.25) is 0 Å². The van der Waals surface area contributed by atoms with Crippen molar-refractivity contribution in [2.75, 3.05) is 13.2 Å². The molecule has 0 radical (unpaired) electrons. The number of ether oxygens (including phenoxy) is 1. The molecule has 1 aliphatic rings. The van der Waals surface area contributed by atoms with Crippen molar-refractivity contribution >= 4 is 0 Å². The van der Waals surface area contributed by atoms with E-state index in [1.54, 1.807) is 0 Å². The number of hydrogen-bond acceptors (Lipinski definition) is 5. The zero-order valence-electron chi connectivity index (χ0n) is 9.97. The smallest absolute Gasteiger partial charge is 0.347 e. The average molecular weight is 240 g/mol. The lowest BCUT2D eigenvalue weighted by atomic mass is 10.2. The van der Waals surface area contributed by atoms with Crippen LogP contribution in [0.1, 0.15) is 12.8 Å². The second-order valence-corrected chi connectivity index (χ2v) is 4.18. The van der Waals surface area contributed by atoms with Crippen LogP contribution in [-0.2, 0) is 14.1 Å². The standard InChI is InChI=1S/C10H16N4O3/c1-13-9(15)8(12-14(2)10(13)16)17-6-7-4-3-5-11-7/h7,11H,3-6H2,1-2H3. The normalized spacial score (nSPS) is 19.5. The van der Waals surface area contributed by atoms with E-state index in [1.807, 2.05) is 0 Å². The summed E-state index contributed by atoms with van der Waals surface area (Å²) in [4.78, 5) is 23.1. The number of rotatable bonds is 3. The molecule has 0 aliphatic carbocycles. The minimum absolute atomic E-state index is 0.0247. The van der Waals surface area contributed by atoms with Crippen LogP contribution in [-0.4, -0.2) is 33.5 Å². The molecule has 1 fully saturated rings. The Bertz CT molecular complexity index is 513. The van der Waals surface area contributed by atoms with Gasteiger partial charge < -0.3 is 10.1 Å². The summed E-state index contributed by atoms with van der Waals surface area (Å²) in [6.45, 7) is 1.38. The van der Waals surface area contributed by atoms with Crippen molar-refractivity contribution in [1.82, 2.24) is 19.7 Å². The van der Waals surface area contributed by atoms with Gasteiger partial charge in [0.25, 0.3) is 5.88 Å². The van der Waals surface area contributed by atoms with Crippen molar-refractivity contribution in [3.05, 3.63) is 20.8 Å². The Morgan fingerprint density at radius 2 is 2.24 bits per heavy atom. The first-order chi connectivity index (χ1) is 8.09. The third-order valence-electron chi connectivity index (χ3n) is 2.88. The molecule has 1 unspecified atom stereocenters. The maximum Gasteiger partial charge on any atom is 0.347 e. The molecule has 2 rings (SSSR count). The van der Waals surface area contributed by atoms with Crippen LogP contribution in [0.25, 0.3) is 0 Å². The predicted octanol–water partition coefficient (Wildman–Crippen LogP) is -1.39. The van der Waals surface area contributed by atoms with Crippen molar-refractivity contribution in [1.29, 1.82) is 0 Å². The first kappa shape index (κ1) is 11.8. The Morgan fingerprint density at radius 3 is 2.88 bits per heavy atom. The van der Waals surface area contributed by atoms with Crippen LogP contribution >= 0.6 is 0 Å². The molecule has 0 bridgehead atoms. The van der Waals surface area contributed by atoms with Crippen molar-refractivity contribution < 1.29 is 4.74 Å². The van der Waals surface area contributed by atoms with Crippen molar-refractivity contribution in [3.63, 3.8) is 0 Å². The Morgan fingerprint density at radius 1 is 1.47 bits per heavy atom. The predicted molar refractivity (Wildman–Crippen MR) is 61.2 cm³/mol. The van der Waals surface area contributed by atoms with Gasteiger partial charge >= 0.3 is 11.2 Å².